The van der Waals surface area contributed by atoms with Crippen molar-refractivity contribution in [1.82, 2.24) is 19.9 Å². The molecule has 0 saturated carbocycles. The number of nitrogens with zero attached hydrogens (tertiary/aromatic N) is 4. The Morgan fingerprint density at radius 3 is 2.71 bits per heavy atom. The van der Waals surface area contributed by atoms with Gasteiger partial charge in [0.25, 0.3) is 5.56 Å². The summed E-state index contributed by atoms with van der Waals surface area (Å²) in [5.41, 5.74) is 0.396. The highest BCUT2D eigenvalue weighted by Gasteiger charge is 2.16. The zero-order chi connectivity index (χ0) is 14.7. The molecule has 1 fully saturated rings. The van der Waals surface area contributed by atoms with E-state index in [9.17, 15) is 9.59 Å². The van der Waals surface area contributed by atoms with Gasteiger partial charge in [0, 0.05) is 19.5 Å². The fourth-order valence-electron chi connectivity index (χ4n) is 2.67. The van der Waals surface area contributed by atoms with Gasteiger partial charge in [-0.1, -0.05) is 17.3 Å². The first-order chi connectivity index (χ1) is 10.3. The molecule has 0 atom stereocenters. The van der Waals surface area contributed by atoms with Crippen LogP contribution in [0.2, 0.25) is 0 Å². The second-order valence-electron chi connectivity index (χ2n) is 5.33. The van der Waals surface area contributed by atoms with E-state index in [1.807, 2.05) is 11.0 Å². The standard InChI is InChI=1S/C15H18N4O2/c20-14(18-9-4-1-5-10-18)8-11-19-15(21)12-6-2-3-7-13(12)16-17-19/h2-3,6-7H,1,4-5,8-11H2. The third-order valence-electron chi connectivity index (χ3n) is 3.88. The van der Waals surface area contributed by atoms with E-state index in [4.69, 9.17) is 0 Å². The number of benzene rings is 1. The minimum atomic E-state index is -0.188. The number of hydrogen-bond acceptors (Lipinski definition) is 4. The Morgan fingerprint density at radius 1 is 1.14 bits per heavy atom. The quantitative estimate of drug-likeness (QED) is 0.850. The van der Waals surface area contributed by atoms with Crippen LogP contribution in [0.15, 0.2) is 29.1 Å². The number of carbonyl (C=O) groups is 1. The van der Waals surface area contributed by atoms with Crippen LogP contribution >= 0.6 is 0 Å². The highest BCUT2D eigenvalue weighted by atomic mass is 16.2. The molecule has 2 heterocycles. The Labute approximate surface area is 122 Å². The topological polar surface area (TPSA) is 68.1 Å². The van der Waals surface area contributed by atoms with Gasteiger partial charge in [0.05, 0.1) is 11.9 Å². The number of carbonyl (C=O) groups excluding carboxylic acids is 1. The number of likely N-dealkylation sites (tertiary alicyclic amines) is 1. The summed E-state index contributed by atoms with van der Waals surface area (Å²) in [6.45, 7) is 1.94. The number of fused-ring (bicyclic) bond motifs is 1. The van der Waals surface area contributed by atoms with E-state index in [1.165, 1.54) is 11.1 Å². The first kappa shape index (κ1) is 13.7. The highest BCUT2D eigenvalue weighted by Crippen LogP contribution is 2.10. The van der Waals surface area contributed by atoms with E-state index >= 15 is 0 Å². The van der Waals surface area contributed by atoms with Crippen LogP contribution in [0, 0.1) is 0 Å². The molecule has 0 bridgehead atoms. The third kappa shape index (κ3) is 2.94. The van der Waals surface area contributed by atoms with Crippen molar-refractivity contribution in [3.05, 3.63) is 34.6 Å². The van der Waals surface area contributed by atoms with Crippen molar-refractivity contribution in [2.45, 2.75) is 32.2 Å². The molecule has 6 nitrogen and oxygen atoms in total. The average Bonchev–Trinajstić information content (AvgIpc) is 2.55. The molecule has 0 radical (unpaired) electrons. The first-order valence-electron chi connectivity index (χ1n) is 7.36. The molecule has 1 aromatic carbocycles. The number of piperidine rings is 1. The number of rotatable bonds is 3. The molecule has 0 unspecified atom stereocenters. The predicted molar refractivity (Wildman–Crippen MR) is 78.8 cm³/mol. The maximum atomic E-state index is 12.3. The van der Waals surface area contributed by atoms with Crippen LogP contribution in [0.4, 0.5) is 0 Å². The van der Waals surface area contributed by atoms with Crippen molar-refractivity contribution < 1.29 is 4.79 Å². The van der Waals surface area contributed by atoms with Gasteiger partial charge in [-0.15, -0.1) is 5.10 Å². The van der Waals surface area contributed by atoms with Crippen molar-refractivity contribution in [3.8, 4) is 0 Å². The van der Waals surface area contributed by atoms with Gasteiger partial charge in [-0.2, -0.15) is 0 Å². The number of hydrogen-bond donors (Lipinski definition) is 0. The molecule has 110 valence electrons. The Morgan fingerprint density at radius 2 is 1.90 bits per heavy atom. The second kappa shape index (κ2) is 6.03. The minimum Gasteiger partial charge on any atom is -0.343 e. The van der Waals surface area contributed by atoms with Crippen molar-refractivity contribution >= 4 is 16.8 Å². The van der Waals surface area contributed by atoms with Crippen molar-refractivity contribution in [2.24, 2.45) is 0 Å². The summed E-state index contributed by atoms with van der Waals surface area (Å²) in [5.74, 6) is 0.0940. The van der Waals surface area contributed by atoms with Gasteiger partial charge in [0.1, 0.15) is 5.52 Å². The normalized spacial score (nSPS) is 15.3. The lowest BCUT2D eigenvalue weighted by Crippen LogP contribution is -2.37. The second-order valence-corrected chi connectivity index (χ2v) is 5.33. The van der Waals surface area contributed by atoms with Gasteiger partial charge in [0.15, 0.2) is 0 Å². The molecule has 1 amide bonds. The molecule has 0 aliphatic carbocycles. The van der Waals surface area contributed by atoms with Crippen LogP contribution < -0.4 is 5.56 Å². The summed E-state index contributed by atoms with van der Waals surface area (Å²) in [7, 11) is 0. The smallest absolute Gasteiger partial charge is 0.277 e. The first-order valence-corrected chi connectivity index (χ1v) is 7.36. The zero-order valence-corrected chi connectivity index (χ0v) is 11.9. The molecule has 1 aromatic heterocycles. The van der Waals surface area contributed by atoms with Crippen LogP contribution in [-0.2, 0) is 11.3 Å². The average molecular weight is 286 g/mol. The minimum absolute atomic E-state index is 0.0940. The van der Waals surface area contributed by atoms with E-state index in [-0.39, 0.29) is 18.0 Å². The van der Waals surface area contributed by atoms with Gasteiger partial charge in [-0.05, 0) is 31.4 Å². The number of aryl methyl sites for hydroxylation is 1. The molecule has 6 heteroatoms. The maximum absolute atomic E-state index is 12.3. The molecule has 21 heavy (non-hydrogen) atoms. The van der Waals surface area contributed by atoms with Crippen LogP contribution in [-0.4, -0.2) is 38.9 Å². The molecule has 0 spiro atoms. The summed E-state index contributed by atoms with van der Waals surface area (Å²) in [6, 6.07) is 7.11. The zero-order valence-electron chi connectivity index (χ0n) is 11.9. The summed E-state index contributed by atoms with van der Waals surface area (Å²) >= 11 is 0. The summed E-state index contributed by atoms with van der Waals surface area (Å²) in [5, 5.41) is 8.47. The molecule has 3 rings (SSSR count). The van der Waals surface area contributed by atoms with Gasteiger partial charge in [-0.3, -0.25) is 9.59 Å². The molecular formula is C15H18N4O2. The Balaban J connectivity index is 1.72. The number of amides is 1. The Kier molecular flexibility index (Phi) is 3.94. The van der Waals surface area contributed by atoms with E-state index in [1.54, 1.807) is 18.2 Å². The molecular weight excluding hydrogens is 268 g/mol. The van der Waals surface area contributed by atoms with Crippen LogP contribution in [0.5, 0.6) is 0 Å². The van der Waals surface area contributed by atoms with E-state index in [2.05, 4.69) is 10.3 Å². The molecule has 1 aliphatic heterocycles. The molecule has 1 saturated heterocycles. The third-order valence-corrected chi connectivity index (χ3v) is 3.88. The van der Waals surface area contributed by atoms with E-state index < -0.39 is 0 Å². The lowest BCUT2D eigenvalue weighted by atomic mass is 10.1. The lowest BCUT2D eigenvalue weighted by Gasteiger charge is -2.26. The summed E-state index contributed by atoms with van der Waals surface area (Å²) in [6.07, 6.45) is 3.63. The van der Waals surface area contributed by atoms with Crippen LogP contribution in [0.3, 0.4) is 0 Å². The highest BCUT2D eigenvalue weighted by molar-refractivity contribution is 5.77. The van der Waals surface area contributed by atoms with E-state index in [0.717, 1.165) is 25.9 Å². The van der Waals surface area contributed by atoms with Crippen molar-refractivity contribution in [2.75, 3.05) is 13.1 Å². The Bertz CT molecular complexity index is 704. The Hall–Kier alpha value is -2.24. The SMILES string of the molecule is O=C(CCn1nnc2ccccc2c1=O)N1CCCCC1. The fourth-order valence-corrected chi connectivity index (χ4v) is 2.67. The molecule has 0 N–H and O–H groups in total. The van der Waals surface area contributed by atoms with Gasteiger partial charge in [-0.25, -0.2) is 4.68 Å². The van der Waals surface area contributed by atoms with Crippen molar-refractivity contribution in [3.63, 3.8) is 0 Å². The van der Waals surface area contributed by atoms with Crippen LogP contribution in [0.25, 0.3) is 10.9 Å². The number of aromatic nitrogens is 3. The van der Waals surface area contributed by atoms with Crippen LogP contribution in [0.1, 0.15) is 25.7 Å². The van der Waals surface area contributed by atoms with Gasteiger partial charge < -0.3 is 4.90 Å². The van der Waals surface area contributed by atoms with E-state index in [0.29, 0.717) is 17.3 Å². The molecule has 1 aliphatic rings. The van der Waals surface area contributed by atoms with Crippen molar-refractivity contribution in [1.29, 1.82) is 0 Å². The largest absolute Gasteiger partial charge is 0.343 e. The summed E-state index contributed by atoms with van der Waals surface area (Å²) in [4.78, 5) is 26.2. The molecule has 2 aromatic rings. The maximum Gasteiger partial charge on any atom is 0.277 e. The van der Waals surface area contributed by atoms with Gasteiger partial charge >= 0.3 is 0 Å². The lowest BCUT2D eigenvalue weighted by molar-refractivity contribution is -0.132. The fraction of sp³-hybridized carbons (Fsp3) is 0.467. The predicted octanol–water partition coefficient (Wildman–Crippen LogP) is 1.19. The van der Waals surface area contributed by atoms with Gasteiger partial charge in [0.2, 0.25) is 5.91 Å². The summed E-state index contributed by atoms with van der Waals surface area (Å²) < 4.78 is 1.28. The monoisotopic (exact) mass is 286 g/mol.